The van der Waals surface area contributed by atoms with Gasteiger partial charge in [0.15, 0.2) is 0 Å². The van der Waals surface area contributed by atoms with Gasteiger partial charge in [-0.15, -0.1) is 0 Å². The van der Waals surface area contributed by atoms with Crippen LogP contribution < -0.4 is 11.1 Å². The molecule has 1 heterocycles. The molecular formula is C10H11Cl2N5. The Labute approximate surface area is 109 Å². The Morgan fingerprint density at radius 1 is 1.47 bits per heavy atom. The molecule has 0 radical (unpaired) electrons. The zero-order valence-corrected chi connectivity index (χ0v) is 10.4. The molecule has 17 heavy (non-hydrogen) atoms. The number of nitrogens with two attached hydrogens (primary N) is 1. The maximum atomic E-state index is 7.70. The van der Waals surface area contributed by atoms with Crippen LogP contribution in [0.4, 0.5) is 5.82 Å². The highest BCUT2D eigenvalue weighted by molar-refractivity contribution is 6.32. The molecule has 1 aromatic heterocycles. The molecule has 0 aromatic carbocycles. The van der Waals surface area contributed by atoms with E-state index in [0.29, 0.717) is 17.4 Å². The van der Waals surface area contributed by atoms with E-state index in [0.717, 1.165) is 12.8 Å². The van der Waals surface area contributed by atoms with Crippen LogP contribution >= 0.6 is 23.2 Å². The van der Waals surface area contributed by atoms with Gasteiger partial charge in [-0.05, 0) is 36.4 Å². The minimum Gasteiger partial charge on any atom is -0.402 e. The van der Waals surface area contributed by atoms with Crippen LogP contribution in [0.3, 0.4) is 0 Å². The second-order valence-corrected chi connectivity index (χ2v) is 4.53. The van der Waals surface area contributed by atoms with E-state index < -0.39 is 0 Å². The number of hydrogen-bond acceptors (Lipinski definition) is 4. The number of anilines is 1. The van der Waals surface area contributed by atoms with Crippen LogP contribution in [0.5, 0.6) is 0 Å². The lowest BCUT2D eigenvalue weighted by Crippen LogP contribution is -2.12. The van der Waals surface area contributed by atoms with E-state index in [1.165, 1.54) is 6.07 Å². The van der Waals surface area contributed by atoms with E-state index in [9.17, 15) is 0 Å². The Balaban J connectivity index is 2.04. The summed E-state index contributed by atoms with van der Waals surface area (Å²) in [7, 11) is 0. The monoisotopic (exact) mass is 271 g/mol. The zero-order chi connectivity index (χ0) is 12.4. The minimum absolute atomic E-state index is 0.0342. The molecule has 1 fully saturated rings. The van der Waals surface area contributed by atoms with Crippen molar-refractivity contribution in [2.75, 3.05) is 5.32 Å². The van der Waals surface area contributed by atoms with Crippen molar-refractivity contribution >= 4 is 34.9 Å². The topological polar surface area (TPSA) is 87.7 Å². The second-order valence-electron chi connectivity index (χ2n) is 3.80. The zero-order valence-electron chi connectivity index (χ0n) is 8.87. The molecule has 90 valence electrons. The van der Waals surface area contributed by atoms with E-state index in [2.05, 4.69) is 15.3 Å². The van der Waals surface area contributed by atoms with Crippen LogP contribution in [0.2, 0.25) is 10.4 Å². The molecule has 2 rings (SSSR count). The largest absolute Gasteiger partial charge is 0.402 e. The van der Waals surface area contributed by atoms with Crippen molar-refractivity contribution in [3.8, 4) is 0 Å². The van der Waals surface area contributed by atoms with Gasteiger partial charge in [-0.3, -0.25) is 5.41 Å². The van der Waals surface area contributed by atoms with Crippen LogP contribution in [0.1, 0.15) is 12.8 Å². The lowest BCUT2D eigenvalue weighted by Gasteiger charge is -2.05. The van der Waals surface area contributed by atoms with Crippen LogP contribution in [-0.4, -0.2) is 15.8 Å². The van der Waals surface area contributed by atoms with Gasteiger partial charge in [-0.2, -0.15) is 0 Å². The highest BCUT2D eigenvalue weighted by Crippen LogP contribution is 2.33. The van der Waals surface area contributed by atoms with Gasteiger partial charge >= 0.3 is 0 Å². The van der Waals surface area contributed by atoms with Gasteiger partial charge in [0.25, 0.3) is 0 Å². The van der Waals surface area contributed by atoms with E-state index in [4.69, 9.17) is 34.3 Å². The molecule has 0 amide bonds. The number of halogens is 2. The van der Waals surface area contributed by atoms with Crippen molar-refractivity contribution in [2.24, 2.45) is 11.7 Å². The SMILES string of the molecule is N=C(/C=C(\N)C1CC1)Nc1cc(Cl)nc(Cl)n1. The van der Waals surface area contributed by atoms with Crippen LogP contribution in [0.15, 0.2) is 17.8 Å². The number of hydrogen-bond donors (Lipinski definition) is 3. The molecule has 1 saturated carbocycles. The lowest BCUT2D eigenvalue weighted by molar-refractivity contribution is 0.982. The molecule has 0 spiro atoms. The number of aromatic nitrogens is 2. The number of rotatable bonds is 3. The Morgan fingerprint density at radius 3 is 2.76 bits per heavy atom. The summed E-state index contributed by atoms with van der Waals surface area (Å²) >= 11 is 11.4. The van der Waals surface area contributed by atoms with Gasteiger partial charge in [-0.25, -0.2) is 9.97 Å². The molecule has 1 aliphatic rings. The third-order valence-corrected chi connectivity index (χ3v) is 2.65. The fourth-order valence-electron chi connectivity index (χ4n) is 1.33. The Morgan fingerprint density at radius 2 is 2.18 bits per heavy atom. The first-order valence-electron chi connectivity index (χ1n) is 5.07. The number of nitrogens with one attached hydrogen (secondary N) is 2. The molecular weight excluding hydrogens is 261 g/mol. The van der Waals surface area contributed by atoms with Crippen molar-refractivity contribution in [3.63, 3.8) is 0 Å². The van der Waals surface area contributed by atoms with Gasteiger partial charge in [0.05, 0.1) is 0 Å². The Kier molecular flexibility index (Phi) is 3.49. The van der Waals surface area contributed by atoms with Crippen LogP contribution in [-0.2, 0) is 0 Å². The minimum atomic E-state index is 0.0342. The predicted octanol–water partition coefficient (Wildman–Crippen LogP) is 2.43. The molecule has 0 saturated heterocycles. The summed E-state index contributed by atoms with van der Waals surface area (Å²) in [5, 5.41) is 10.7. The van der Waals surface area contributed by atoms with Crippen molar-refractivity contribution in [1.82, 2.24) is 9.97 Å². The number of nitrogens with zero attached hydrogens (tertiary/aromatic N) is 2. The Hall–Kier alpha value is -1.33. The average molecular weight is 272 g/mol. The van der Waals surface area contributed by atoms with Crippen LogP contribution in [0, 0.1) is 11.3 Å². The van der Waals surface area contributed by atoms with Crippen molar-refractivity contribution in [2.45, 2.75) is 12.8 Å². The Bertz CT molecular complexity index is 461. The first kappa shape index (κ1) is 12.1. The van der Waals surface area contributed by atoms with E-state index in [1.807, 2.05) is 0 Å². The van der Waals surface area contributed by atoms with Crippen LogP contribution in [0.25, 0.3) is 0 Å². The molecule has 1 aromatic rings. The highest BCUT2D eigenvalue weighted by Gasteiger charge is 2.24. The fourth-order valence-corrected chi connectivity index (χ4v) is 1.74. The van der Waals surface area contributed by atoms with Gasteiger partial charge in [0, 0.05) is 11.8 Å². The summed E-state index contributed by atoms with van der Waals surface area (Å²) in [6.45, 7) is 0. The van der Waals surface area contributed by atoms with Gasteiger partial charge in [-0.1, -0.05) is 11.6 Å². The maximum absolute atomic E-state index is 7.70. The first-order chi connectivity index (χ1) is 8.04. The second kappa shape index (κ2) is 4.89. The first-order valence-corrected chi connectivity index (χ1v) is 5.83. The summed E-state index contributed by atoms with van der Waals surface area (Å²) < 4.78 is 0. The highest BCUT2D eigenvalue weighted by atomic mass is 35.5. The summed E-state index contributed by atoms with van der Waals surface area (Å²) in [6.07, 6.45) is 3.78. The third-order valence-electron chi connectivity index (χ3n) is 2.29. The van der Waals surface area contributed by atoms with Crippen molar-refractivity contribution in [1.29, 1.82) is 5.41 Å². The molecule has 0 atom stereocenters. The van der Waals surface area contributed by atoms with Crippen molar-refractivity contribution < 1.29 is 0 Å². The maximum Gasteiger partial charge on any atom is 0.225 e. The average Bonchev–Trinajstić information content (AvgIpc) is 2.97. The summed E-state index contributed by atoms with van der Waals surface area (Å²) in [5.41, 5.74) is 6.51. The summed E-state index contributed by atoms with van der Waals surface area (Å²) in [4.78, 5) is 7.60. The molecule has 7 heteroatoms. The normalized spacial score (nSPS) is 15.8. The van der Waals surface area contributed by atoms with Gasteiger partial charge in [0.2, 0.25) is 5.28 Å². The number of allylic oxidation sites excluding steroid dienone is 1. The predicted molar refractivity (Wildman–Crippen MR) is 68.4 cm³/mol. The molecule has 0 aliphatic heterocycles. The van der Waals surface area contributed by atoms with E-state index in [1.54, 1.807) is 6.08 Å². The summed E-state index contributed by atoms with van der Waals surface area (Å²) in [5.74, 6) is 0.954. The molecule has 0 bridgehead atoms. The standard InChI is InChI=1S/C10H11Cl2N5/c11-7-4-9(17-10(12)15-7)16-8(14)3-6(13)5-1-2-5/h3-5H,1-2,13H2,(H2,14,15,16,17)/b6-3-. The molecule has 1 aliphatic carbocycles. The fraction of sp³-hybridized carbons (Fsp3) is 0.300. The van der Waals surface area contributed by atoms with Gasteiger partial charge < -0.3 is 11.1 Å². The smallest absolute Gasteiger partial charge is 0.225 e. The van der Waals surface area contributed by atoms with Crippen molar-refractivity contribution in [3.05, 3.63) is 28.3 Å². The van der Waals surface area contributed by atoms with E-state index in [-0.39, 0.29) is 16.3 Å². The lowest BCUT2D eigenvalue weighted by atomic mass is 10.3. The molecule has 5 nitrogen and oxygen atoms in total. The van der Waals surface area contributed by atoms with E-state index >= 15 is 0 Å². The summed E-state index contributed by atoms with van der Waals surface area (Å²) in [6, 6.07) is 1.49. The quantitative estimate of drug-likeness (QED) is 0.341. The molecule has 0 unspecified atom stereocenters. The third kappa shape index (κ3) is 3.57. The number of amidine groups is 1. The molecule has 4 N–H and O–H groups in total. The van der Waals surface area contributed by atoms with Gasteiger partial charge in [0.1, 0.15) is 16.8 Å².